The van der Waals surface area contributed by atoms with Crippen molar-refractivity contribution < 1.29 is 13.6 Å². The topological polar surface area (TPSA) is 55.1 Å². The van der Waals surface area contributed by atoms with Crippen LogP contribution in [0.4, 0.5) is 14.5 Å². The number of terminal acetylenes is 1. The van der Waals surface area contributed by atoms with E-state index in [1.54, 1.807) is 0 Å². The number of anilines is 1. The van der Waals surface area contributed by atoms with Gasteiger partial charge in [-0.3, -0.25) is 4.79 Å². The summed E-state index contributed by atoms with van der Waals surface area (Å²) in [6.45, 7) is -0.105. The molecule has 1 amide bonds. The van der Waals surface area contributed by atoms with Gasteiger partial charge in [0.1, 0.15) is 11.4 Å². The van der Waals surface area contributed by atoms with Crippen LogP contribution in [0.2, 0.25) is 0 Å². The van der Waals surface area contributed by atoms with Crippen molar-refractivity contribution in [1.82, 2.24) is 5.32 Å². The number of hydrogen-bond donors (Lipinski definition) is 2. The van der Waals surface area contributed by atoms with Crippen molar-refractivity contribution >= 4 is 11.6 Å². The molecular weight excluding hydrogens is 202 g/mol. The van der Waals surface area contributed by atoms with E-state index >= 15 is 0 Å². The number of halogens is 2. The molecule has 5 heteroatoms. The number of nitrogens with one attached hydrogen (secondary N) is 1. The number of rotatable bonds is 2. The minimum absolute atomic E-state index is 0.105. The Balaban J connectivity index is 3.08. The van der Waals surface area contributed by atoms with Crippen molar-refractivity contribution in [3.63, 3.8) is 0 Å². The van der Waals surface area contributed by atoms with Crippen LogP contribution >= 0.6 is 0 Å². The highest BCUT2D eigenvalue weighted by Crippen LogP contribution is 2.18. The van der Waals surface area contributed by atoms with Crippen LogP contribution in [0.25, 0.3) is 0 Å². The molecule has 0 aliphatic heterocycles. The summed E-state index contributed by atoms with van der Waals surface area (Å²) in [6, 6.07) is 1.96. The van der Waals surface area contributed by atoms with E-state index in [0.29, 0.717) is 0 Å². The predicted octanol–water partition coefficient (Wildman–Crippen LogP) is 0.910. The normalized spacial score (nSPS) is 9.40. The molecule has 78 valence electrons. The summed E-state index contributed by atoms with van der Waals surface area (Å²) in [5.41, 5.74) is 4.19. The maximum atomic E-state index is 13.3. The van der Waals surface area contributed by atoms with Gasteiger partial charge in [0.05, 0.1) is 12.2 Å². The van der Waals surface area contributed by atoms with Crippen molar-refractivity contribution in [2.24, 2.45) is 0 Å². The summed E-state index contributed by atoms with van der Waals surface area (Å²) in [5.74, 6) is -0.862. The standard InChI is InChI=1S/C10H8F2N2O/c1-2-5-14-10(15)8-6(11)3-4-7(13)9(8)12/h1,3-4H,5,13H2,(H,14,15). The minimum atomic E-state index is -1.08. The molecule has 0 spiro atoms. The van der Waals surface area contributed by atoms with Crippen LogP contribution < -0.4 is 11.1 Å². The average molecular weight is 210 g/mol. The molecule has 15 heavy (non-hydrogen) atoms. The Morgan fingerprint density at radius 1 is 1.53 bits per heavy atom. The second-order valence-electron chi connectivity index (χ2n) is 2.71. The number of nitrogens with two attached hydrogens (primary N) is 1. The van der Waals surface area contributed by atoms with Crippen LogP contribution in [0.5, 0.6) is 0 Å². The van der Waals surface area contributed by atoms with Gasteiger partial charge in [-0.1, -0.05) is 5.92 Å². The third-order valence-electron chi connectivity index (χ3n) is 1.70. The van der Waals surface area contributed by atoms with Crippen molar-refractivity contribution in [2.45, 2.75) is 0 Å². The van der Waals surface area contributed by atoms with Crippen molar-refractivity contribution in [3.8, 4) is 12.3 Å². The summed E-state index contributed by atoms with van der Waals surface area (Å²) in [4.78, 5) is 11.3. The first-order valence-electron chi connectivity index (χ1n) is 4.03. The number of carbonyl (C=O) groups is 1. The zero-order valence-electron chi connectivity index (χ0n) is 7.68. The van der Waals surface area contributed by atoms with E-state index in [0.717, 1.165) is 12.1 Å². The summed E-state index contributed by atoms with van der Waals surface area (Å²) >= 11 is 0. The molecule has 0 unspecified atom stereocenters. The summed E-state index contributed by atoms with van der Waals surface area (Å²) in [7, 11) is 0. The Bertz CT molecular complexity index is 438. The zero-order valence-corrected chi connectivity index (χ0v) is 7.68. The fraction of sp³-hybridized carbons (Fsp3) is 0.100. The van der Waals surface area contributed by atoms with E-state index in [9.17, 15) is 13.6 Å². The van der Waals surface area contributed by atoms with Gasteiger partial charge in [-0.15, -0.1) is 6.42 Å². The molecule has 0 heterocycles. The van der Waals surface area contributed by atoms with Gasteiger partial charge >= 0.3 is 0 Å². The van der Waals surface area contributed by atoms with Gasteiger partial charge in [-0.2, -0.15) is 0 Å². The van der Waals surface area contributed by atoms with E-state index in [2.05, 4.69) is 11.2 Å². The highest BCUT2D eigenvalue weighted by molar-refractivity contribution is 5.95. The highest BCUT2D eigenvalue weighted by atomic mass is 19.1. The molecule has 0 saturated heterocycles. The van der Waals surface area contributed by atoms with E-state index in [-0.39, 0.29) is 12.2 Å². The van der Waals surface area contributed by atoms with Crippen molar-refractivity contribution in [3.05, 3.63) is 29.3 Å². The summed E-state index contributed by atoms with van der Waals surface area (Å²) in [6.07, 6.45) is 4.88. The lowest BCUT2D eigenvalue weighted by Crippen LogP contribution is -2.26. The minimum Gasteiger partial charge on any atom is -0.396 e. The van der Waals surface area contributed by atoms with Crippen LogP contribution in [0.15, 0.2) is 12.1 Å². The number of benzene rings is 1. The zero-order chi connectivity index (χ0) is 11.4. The van der Waals surface area contributed by atoms with Gasteiger partial charge in [-0.05, 0) is 12.1 Å². The maximum absolute atomic E-state index is 13.3. The number of amides is 1. The Kier molecular flexibility index (Phi) is 3.24. The molecule has 3 N–H and O–H groups in total. The van der Waals surface area contributed by atoms with Crippen LogP contribution in [-0.4, -0.2) is 12.5 Å². The molecule has 0 bridgehead atoms. The van der Waals surface area contributed by atoms with E-state index in [1.165, 1.54) is 0 Å². The Morgan fingerprint density at radius 3 is 2.80 bits per heavy atom. The molecule has 0 fully saturated rings. The molecule has 1 aromatic carbocycles. The smallest absolute Gasteiger partial charge is 0.258 e. The lowest BCUT2D eigenvalue weighted by atomic mass is 10.1. The summed E-state index contributed by atoms with van der Waals surface area (Å²) < 4.78 is 26.4. The molecule has 0 saturated carbocycles. The fourth-order valence-corrected chi connectivity index (χ4v) is 0.996. The number of hydrogen-bond acceptors (Lipinski definition) is 2. The van der Waals surface area contributed by atoms with Gasteiger partial charge in [0.25, 0.3) is 5.91 Å². The van der Waals surface area contributed by atoms with Crippen LogP contribution in [0.3, 0.4) is 0 Å². The molecular formula is C10H8F2N2O. The molecule has 0 aliphatic carbocycles. The second kappa shape index (κ2) is 4.42. The third kappa shape index (κ3) is 2.23. The second-order valence-corrected chi connectivity index (χ2v) is 2.71. The average Bonchev–Trinajstić information content (AvgIpc) is 2.21. The maximum Gasteiger partial charge on any atom is 0.258 e. The summed E-state index contributed by atoms with van der Waals surface area (Å²) in [5, 5.41) is 2.15. The number of carbonyl (C=O) groups excluding carboxylic acids is 1. The monoisotopic (exact) mass is 210 g/mol. The van der Waals surface area contributed by atoms with Gasteiger partial charge < -0.3 is 11.1 Å². The molecule has 0 radical (unpaired) electrons. The largest absolute Gasteiger partial charge is 0.396 e. The van der Waals surface area contributed by atoms with Crippen molar-refractivity contribution in [1.29, 1.82) is 0 Å². The quantitative estimate of drug-likeness (QED) is 0.563. The molecule has 0 aliphatic rings. The SMILES string of the molecule is C#CCNC(=O)c1c(F)ccc(N)c1F. The molecule has 3 nitrogen and oxygen atoms in total. The Morgan fingerprint density at radius 2 is 2.20 bits per heavy atom. The Hall–Kier alpha value is -2.09. The van der Waals surface area contributed by atoms with Crippen LogP contribution in [0, 0.1) is 24.0 Å². The van der Waals surface area contributed by atoms with E-state index in [1.807, 2.05) is 0 Å². The van der Waals surface area contributed by atoms with Crippen LogP contribution in [0.1, 0.15) is 10.4 Å². The van der Waals surface area contributed by atoms with Gasteiger partial charge in [0, 0.05) is 0 Å². The predicted molar refractivity (Wildman–Crippen MR) is 51.9 cm³/mol. The van der Waals surface area contributed by atoms with Crippen LogP contribution in [-0.2, 0) is 0 Å². The first-order valence-corrected chi connectivity index (χ1v) is 4.03. The van der Waals surface area contributed by atoms with Gasteiger partial charge in [-0.25, -0.2) is 8.78 Å². The molecule has 1 aromatic rings. The third-order valence-corrected chi connectivity index (χ3v) is 1.70. The number of nitrogen functional groups attached to an aromatic ring is 1. The van der Waals surface area contributed by atoms with Gasteiger partial charge in [0.15, 0.2) is 5.82 Å². The van der Waals surface area contributed by atoms with Crippen molar-refractivity contribution in [2.75, 3.05) is 12.3 Å². The molecule has 0 atom stereocenters. The van der Waals surface area contributed by atoms with E-state index in [4.69, 9.17) is 12.2 Å². The van der Waals surface area contributed by atoms with Gasteiger partial charge in [0.2, 0.25) is 0 Å². The fourth-order valence-electron chi connectivity index (χ4n) is 0.996. The molecule has 0 aromatic heterocycles. The Labute approximate surface area is 85.3 Å². The first kappa shape index (κ1) is 11.0. The highest BCUT2D eigenvalue weighted by Gasteiger charge is 2.18. The lowest BCUT2D eigenvalue weighted by Gasteiger charge is -2.06. The lowest BCUT2D eigenvalue weighted by molar-refractivity contribution is 0.0950. The van der Waals surface area contributed by atoms with E-state index < -0.39 is 23.1 Å². The molecule has 1 rings (SSSR count). The first-order chi connectivity index (χ1) is 7.07.